The smallest absolute Gasteiger partial charge is 0.227 e. The van der Waals surface area contributed by atoms with Crippen LogP contribution in [-0.2, 0) is 4.79 Å². The summed E-state index contributed by atoms with van der Waals surface area (Å²) >= 11 is 2.69. The summed E-state index contributed by atoms with van der Waals surface area (Å²) in [6.07, 6.45) is 0. The molecule has 0 unspecified atom stereocenters. The van der Waals surface area contributed by atoms with Gasteiger partial charge in [0.1, 0.15) is 10.7 Å². The number of carbonyl (C=O) groups excluding carboxylic acids is 1. The first-order valence-electron chi connectivity index (χ1n) is 5.30. The lowest BCUT2D eigenvalue weighted by Gasteiger charge is -1.99. The molecule has 0 bridgehead atoms. The zero-order valence-corrected chi connectivity index (χ0v) is 11.5. The van der Waals surface area contributed by atoms with Gasteiger partial charge in [0.2, 0.25) is 5.91 Å². The average molecular weight is 279 g/mol. The third-order valence-corrected chi connectivity index (χ3v) is 4.31. The molecule has 0 aliphatic carbocycles. The van der Waals surface area contributed by atoms with Crippen LogP contribution >= 0.6 is 23.1 Å². The third kappa shape index (κ3) is 3.02. The van der Waals surface area contributed by atoms with E-state index in [1.807, 2.05) is 31.2 Å². The average Bonchev–Trinajstić information content (AvgIpc) is 2.68. The third-order valence-electron chi connectivity index (χ3n) is 2.26. The summed E-state index contributed by atoms with van der Waals surface area (Å²) in [7, 11) is 0. The lowest BCUT2D eigenvalue weighted by molar-refractivity contribution is -0.115. The summed E-state index contributed by atoms with van der Waals surface area (Å²) in [4.78, 5) is 15.2. The van der Waals surface area contributed by atoms with Crippen LogP contribution in [0.4, 0.5) is 5.00 Å². The maximum absolute atomic E-state index is 10.7. The second kappa shape index (κ2) is 5.41. The molecule has 1 aromatic carbocycles. The first kappa shape index (κ1) is 12.9. The van der Waals surface area contributed by atoms with Crippen LogP contribution in [0.2, 0.25) is 0 Å². The van der Waals surface area contributed by atoms with Crippen molar-refractivity contribution in [1.82, 2.24) is 4.98 Å². The highest BCUT2D eigenvalue weighted by Gasteiger charge is 2.11. The van der Waals surface area contributed by atoms with Crippen molar-refractivity contribution in [1.29, 1.82) is 0 Å². The second-order valence-electron chi connectivity index (χ2n) is 3.82. The number of amides is 1. The molecule has 2 rings (SSSR count). The number of primary amides is 1. The molecule has 0 spiro atoms. The molecule has 0 aliphatic heterocycles. The highest BCUT2D eigenvalue weighted by Crippen LogP contribution is 2.35. The van der Waals surface area contributed by atoms with E-state index < -0.39 is 0 Å². The fraction of sp³-hybridized carbons (Fsp3) is 0.167. The van der Waals surface area contributed by atoms with Gasteiger partial charge < -0.3 is 11.5 Å². The molecular weight excluding hydrogens is 266 g/mol. The molecule has 4 nitrogen and oxygen atoms in total. The van der Waals surface area contributed by atoms with Gasteiger partial charge in [-0.25, -0.2) is 4.98 Å². The molecule has 0 aliphatic rings. The molecule has 4 N–H and O–H groups in total. The monoisotopic (exact) mass is 279 g/mol. The number of carbonyl (C=O) groups is 1. The Labute approximate surface area is 113 Å². The van der Waals surface area contributed by atoms with E-state index in [0.717, 1.165) is 21.2 Å². The zero-order valence-electron chi connectivity index (χ0n) is 9.84. The normalized spacial score (nSPS) is 10.5. The lowest BCUT2D eigenvalue weighted by atomic mass is 10.1. The van der Waals surface area contributed by atoms with Crippen LogP contribution < -0.4 is 11.5 Å². The van der Waals surface area contributed by atoms with E-state index in [4.69, 9.17) is 11.5 Å². The molecule has 0 saturated carbocycles. The van der Waals surface area contributed by atoms with Crippen LogP contribution in [-0.4, -0.2) is 16.6 Å². The Hall–Kier alpha value is -1.53. The van der Waals surface area contributed by atoms with Crippen molar-refractivity contribution in [3.05, 3.63) is 29.8 Å². The largest absolute Gasteiger partial charge is 0.389 e. The van der Waals surface area contributed by atoms with Crippen LogP contribution in [0.3, 0.4) is 0 Å². The van der Waals surface area contributed by atoms with Gasteiger partial charge in [0, 0.05) is 5.56 Å². The maximum atomic E-state index is 10.7. The summed E-state index contributed by atoms with van der Waals surface area (Å²) in [5.41, 5.74) is 14.0. The van der Waals surface area contributed by atoms with Gasteiger partial charge >= 0.3 is 0 Å². The number of benzene rings is 1. The minimum absolute atomic E-state index is 0.222. The quantitative estimate of drug-likeness (QED) is 0.841. The van der Waals surface area contributed by atoms with Crippen molar-refractivity contribution in [3.8, 4) is 11.3 Å². The molecule has 6 heteroatoms. The topological polar surface area (TPSA) is 82.0 Å². The second-order valence-corrected chi connectivity index (χ2v) is 6.07. The predicted molar refractivity (Wildman–Crippen MR) is 76.6 cm³/mol. The molecule has 18 heavy (non-hydrogen) atoms. The van der Waals surface area contributed by atoms with Gasteiger partial charge in [0.25, 0.3) is 0 Å². The summed E-state index contributed by atoms with van der Waals surface area (Å²) in [6.45, 7) is 2.02. The number of hydrogen-bond acceptors (Lipinski definition) is 5. The summed E-state index contributed by atoms with van der Waals surface area (Å²) < 4.78 is 0.766. The number of nitrogens with zero attached hydrogens (tertiary/aromatic N) is 1. The first-order valence-corrected chi connectivity index (χ1v) is 7.11. The number of hydrogen-bond donors (Lipinski definition) is 2. The molecular formula is C12H13N3OS2. The molecule has 0 radical (unpaired) electrons. The highest BCUT2D eigenvalue weighted by atomic mass is 32.2. The first-order chi connectivity index (χ1) is 8.56. The van der Waals surface area contributed by atoms with Crippen molar-refractivity contribution in [3.63, 3.8) is 0 Å². The van der Waals surface area contributed by atoms with Crippen LogP contribution in [0.25, 0.3) is 11.3 Å². The number of thiazole rings is 1. The van der Waals surface area contributed by atoms with Crippen LogP contribution in [0, 0.1) is 6.92 Å². The Morgan fingerprint density at radius 3 is 2.94 bits per heavy atom. The molecule has 94 valence electrons. The van der Waals surface area contributed by atoms with Crippen molar-refractivity contribution >= 4 is 34.0 Å². The van der Waals surface area contributed by atoms with Gasteiger partial charge in [-0.15, -0.1) is 0 Å². The number of thioether (sulfide) groups is 1. The van der Waals surface area contributed by atoms with Crippen molar-refractivity contribution in [2.24, 2.45) is 5.73 Å². The fourth-order valence-corrected chi connectivity index (χ4v) is 3.19. The summed E-state index contributed by atoms with van der Waals surface area (Å²) in [5, 5.41) is 0.660. The van der Waals surface area contributed by atoms with Crippen LogP contribution in [0.5, 0.6) is 0 Å². The summed E-state index contributed by atoms with van der Waals surface area (Å²) in [5.74, 6) is -0.133. The van der Waals surface area contributed by atoms with Crippen molar-refractivity contribution in [2.75, 3.05) is 11.5 Å². The Morgan fingerprint density at radius 2 is 2.28 bits per heavy atom. The van der Waals surface area contributed by atoms with Gasteiger partial charge in [-0.05, 0) is 13.0 Å². The fourth-order valence-electron chi connectivity index (χ4n) is 1.51. The van der Waals surface area contributed by atoms with E-state index in [1.165, 1.54) is 23.1 Å². The molecule has 0 saturated heterocycles. The number of rotatable bonds is 4. The molecule has 2 aromatic rings. The van der Waals surface area contributed by atoms with E-state index in [0.29, 0.717) is 5.00 Å². The van der Waals surface area contributed by atoms with E-state index in [9.17, 15) is 4.79 Å². The molecule has 0 atom stereocenters. The van der Waals surface area contributed by atoms with Gasteiger partial charge in [0.15, 0.2) is 4.34 Å². The van der Waals surface area contributed by atoms with Gasteiger partial charge in [-0.1, -0.05) is 46.9 Å². The Kier molecular flexibility index (Phi) is 3.88. The number of anilines is 1. The highest BCUT2D eigenvalue weighted by molar-refractivity contribution is 8.01. The zero-order chi connectivity index (χ0) is 13.1. The molecule has 1 amide bonds. The molecule has 1 aromatic heterocycles. The van der Waals surface area contributed by atoms with E-state index in [-0.39, 0.29) is 11.7 Å². The van der Waals surface area contributed by atoms with E-state index in [1.54, 1.807) is 0 Å². The van der Waals surface area contributed by atoms with E-state index >= 15 is 0 Å². The van der Waals surface area contributed by atoms with E-state index in [2.05, 4.69) is 4.98 Å². The number of aromatic nitrogens is 1. The SMILES string of the molecule is Cc1cccc(-c2nc(SCC(N)=O)sc2N)c1. The Balaban J connectivity index is 2.26. The van der Waals surface area contributed by atoms with Gasteiger partial charge in [0.05, 0.1) is 5.75 Å². The van der Waals surface area contributed by atoms with Gasteiger partial charge in [-0.3, -0.25) is 4.79 Å². The molecule has 0 fully saturated rings. The Bertz CT molecular complexity index is 580. The Morgan fingerprint density at radius 1 is 1.50 bits per heavy atom. The van der Waals surface area contributed by atoms with Crippen LogP contribution in [0.15, 0.2) is 28.6 Å². The molecule has 1 heterocycles. The number of aryl methyl sites for hydroxylation is 1. The minimum atomic E-state index is -0.356. The maximum Gasteiger partial charge on any atom is 0.227 e. The van der Waals surface area contributed by atoms with Crippen molar-refractivity contribution < 1.29 is 4.79 Å². The number of nitrogens with two attached hydrogens (primary N) is 2. The minimum Gasteiger partial charge on any atom is -0.389 e. The standard InChI is InChI=1S/C12H13N3OS2/c1-7-3-2-4-8(5-7)10-11(14)18-12(15-10)17-6-9(13)16/h2-5H,6,14H2,1H3,(H2,13,16). The number of nitrogen functional groups attached to an aromatic ring is 1. The van der Waals surface area contributed by atoms with Crippen LogP contribution in [0.1, 0.15) is 5.56 Å². The van der Waals surface area contributed by atoms with Gasteiger partial charge in [-0.2, -0.15) is 0 Å². The predicted octanol–water partition coefficient (Wildman–Crippen LogP) is 2.28. The summed E-state index contributed by atoms with van der Waals surface area (Å²) in [6, 6.07) is 8.00. The lowest BCUT2D eigenvalue weighted by Crippen LogP contribution is -2.12. The van der Waals surface area contributed by atoms with Crippen molar-refractivity contribution in [2.45, 2.75) is 11.3 Å².